The zero-order valence-electron chi connectivity index (χ0n) is 11.2. The maximum Gasteiger partial charge on any atom is 0.409 e. The molecule has 0 unspecified atom stereocenters. The molecule has 0 atom stereocenters. The third kappa shape index (κ3) is 24.6. The third-order valence-corrected chi connectivity index (χ3v) is 0.759. The van der Waals surface area contributed by atoms with Crippen LogP contribution in [0.15, 0.2) is 0 Å². The first-order valence-corrected chi connectivity index (χ1v) is 4.93. The van der Waals surface area contributed by atoms with Gasteiger partial charge in [-0.3, -0.25) is 0 Å². The summed E-state index contributed by atoms with van der Waals surface area (Å²) in [4.78, 5) is 12.3. The molecule has 0 heterocycles. The lowest BCUT2D eigenvalue weighted by Crippen LogP contribution is -2.31. The fourth-order valence-electron chi connectivity index (χ4n) is 0.353. The summed E-state index contributed by atoms with van der Waals surface area (Å²) in [6, 6.07) is 0. The lowest BCUT2D eigenvalue weighted by Gasteiger charge is -2.22. The van der Waals surface area contributed by atoms with E-state index in [1.807, 2.05) is 20.8 Å². The molecule has 0 bridgehead atoms. The van der Waals surface area contributed by atoms with E-state index in [1.165, 1.54) is 4.90 Å². The van der Waals surface area contributed by atoms with Crippen molar-refractivity contribution in [1.29, 1.82) is 0 Å². The number of carbonyl (C=O) groups is 1. The maximum absolute atomic E-state index is 10.9. The summed E-state index contributed by atoms with van der Waals surface area (Å²) >= 11 is 0. The largest absolute Gasteiger partial charge is 0.444 e. The molecule has 0 aliphatic carbocycles. The van der Waals surface area contributed by atoms with Crippen LogP contribution < -0.4 is 0 Å². The van der Waals surface area contributed by atoms with Crippen molar-refractivity contribution in [3.63, 3.8) is 0 Å². The molecule has 0 rings (SSSR count). The number of carbonyl (C=O) groups excluding carboxylic acids is 1. The van der Waals surface area contributed by atoms with Crippen molar-refractivity contribution in [2.24, 2.45) is 0 Å². The van der Waals surface area contributed by atoms with Gasteiger partial charge in [-0.05, 0) is 41.5 Å². The van der Waals surface area contributed by atoms with Crippen LogP contribution in [0, 0.1) is 0 Å². The van der Waals surface area contributed by atoms with E-state index in [0.717, 1.165) is 0 Å². The van der Waals surface area contributed by atoms with Crippen LogP contribution in [0.25, 0.3) is 0 Å². The SMILES string of the molecule is CC(C)(C)[O].CN(C)C(=O)OC(C)(C)C. The fourth-order valence-corrected chi connectivity index (χ4v) is 0.353. The molecule has 91 valence electrons. The van der Waals surface area contributed by atoms with Crippen molar-refractivity contribution >= 4 is 6.09 Å². The average molecular weight is 218 g/mol. The Kier molecular flexibility index (Phi) is 6.61. The molecule has 0 aromatic heterocycles. The third-order valence-electron chi connectivity index (χ3n) is 0.759. The molecule has 0 saturated carbocycles. The molecule has 0 aromatic carbocycles. The number of rotatable bonds is 0. The number of hydrogen-bond donors (Lipinski definition) is 0. The van der Waals surface area contributed by atoms with E-state index in [1.54, 1.807) is 34.9 Å². The zero-order chi connectivity index (χ0) is 12.9. The van der Waals surface area contributed by atoms with Gasteiger partial charge in [0.05, 0.1) is 5.60 Å². The fraction of sp³-hybridized carbons (Fsp3) is 0.909. The number of hydrogen-bond acceptors (Lipinski definition) is 2. The Hall–Kier alpha value is -0.770. The smallest absolute Gasteiger partial charge is 0.409 e. The van der Waals surface area contributed by atoms with Crippen LogP contribution in [0.4, 0.5) is 4.79 Å². The van der Waals surface area contributed by atoms with Crippen molar-refractivity contribution in [3.05, 3.63) is 0 Å². The van der Waals surface area contributed by atoms with Gasteiger partial charge in [-0.25, -0.2) is 9.90 Å². The van der Waals surface area contributed by atoms with Crippen molar-refractivity contribution in [3.8, 4) is 0 Å². The van der Waals surface area contributed by atoms with Gasteiger partial charge < -0.3 is 9.64 Å². The lowest BCUT2D eigenvalue weighted by atomic mass is 10.2. The quantitative estimate of drug-likeness (QED) is 0.627. The van der Waals surface area contributed by atoms with Gasteiger partial charge in [-0.2, -0.15) is 0 Å². The predicted molar refractivity (Wildman–Crippen MR) is 60.4 cm³/mol. The molecular formula is C11H24NO3. The Morgan fingerprint density at radius 3 is 1.33 bits per heavy atom. The minimum Gasteiger partial charge on any atom is -0.444 e. The van der Waals surface area contributed by atoms with E-state index >= 15 is 0 Å². The van der Waals surface area contributed by atoms with Gasteiger partial charge in [-0.1, -0.05) is 0 Å². The topological polar surface area (TPSA) is 49.4 Å². The maximum atomic E-state index is 10.9. The monoisotopic (exact) mass is 218 g/mol. The molecule has 0 spiro atoms. The summed E-state index contributed by atoms with van der Waals surface area (Å²) in [7, 11) is 3.32. The second kappa shape index (κ2) is 5.95. The van der Waals surface area contributed by atoms with Crippen LogP contribution in [-0.4, -0.2) is 36.3 Å². The summed E-state index contributed by atoms with van der Waals surface area (Å²) in [5.41, 5.74) is -1.14. The van der Waals surface area contributed by atoms with E-state index in [0.29, 0.717) is 0 Å². The molecule has 0 aromatic rings. The Balaban J connectivity index is 0. The molecule has 0 aliphatic rings. The average Bonchev–Trinajstić information content (AvgIpc) is 1.78. The summed E-state index contributed by atoms with van der Waals surface area (Å²) in [5.74, 6) is 0. The summed E-state index contributed by atoms with van der Waals surface area (Å²) < 4.78 is 4.99. The van der Waals surface area contributed by atoms with Crippen LogP contribution >= 0.6 is 0 Å². The molecule has 0 N–H and O–H groups in total. The highest BCUT2D eigenvalue weighted by Crippen LogP contribution is 2.07. The highest BCUT2D eigenvalue weighted by Gasteiger charge is 2.16. The van der Waals surface area contributed by atoms with Crippen molar-refractivity contribution in [2.75, 3.05) is 14.1 Å². The normalized spacial score (nSPS) is 11.3. The van der Waals surface area contributed by atoms with Crippen LogP contribution in [-0.2, 0) is 9.84 Å². The van der Waals surface area contributed by atoms with E-state index in [9.17, 15) is 9.90 Å². The van der Waals surface area contributed by atoms with Gasteiger partial charge in [0.2, 0.25) is 0 Å². The predicted octanol–water partition coefficient (Wildman–Crippen LogP) is 2.70. The lowest BCUT2D eigenvalue weighted by molar-refractivity contribution is 0.0218. The molecule has 1 amide bonds. The number of nitrogens with zero attached hydrogens (tertiary/aromatic N) is 1. The van der Waals surface area contributed by atoms with Crippen molar-refractivity contribution in [1.82, 2.24) is 4.90 Å². The van der Waals surface area contributed by atoms with Crippen molar-refractivity contribution in [2.45, 2.75) is 52.7 Å². The van der Waals surface area contributed by atoms with Crippen LogP contribution in [0.2, 0.25) is 0 Å². The second-order valence-corrected chi connectivity index (χ2v) is 5.49. The van der Waals surface area contributed by atoms with Crippen LogP contribution in [0.5, 0.6) is 0 Å². The molecule has 4 heteroatoms. The Labute approximate surface area is 93.2 Å². The minimum absolute atomic E-state index is 0.299. The van der Waals surface area contributed by atoms with Gasteiger partial charge in [0.15, 0.2) is 0 Å². The molecule has 0 fully saturated rings. The summed E-state index contributed by atoms with van der Waals surface area (Å²) in [6.07, 6.45) is -0.299. The van der Waals surface area contributed by atoms with Crippen LogP contribution in [0.1, 0.15) is 41.5 Å². The van der Waals surface area contributed by atoms with E-state index in [4.69, 9.17) is 4.74 Å². The van der Waals surface area contributed by atoms with Gasteiger partial charge in [-0.15, -0.1) is 0 Å². The van der Waals surface area contributed by atoms with Crippen LogP contribution in [0.3, 0.4) is 0 Å². The number of ether oxygens (including phenoxy) is 1. The molecule has 0 saturated heterocycles. The van der Waals surface area contributed by atoms with E-state index < -0.39 is 5.60 Å². The summed E-state index contributed by atoms with van der Waals surface area (Å²) in [5, 5.41) is 10.1. The molecule has 4 nitrogen and oxygen atoms in total. The molecule has 0 aliphatic heterocycles. The second-order valence-electron chi connectivity index (χ2n) is 5.49. The Morgan fingerprint density at radius 2 is 1.27 bits per heavy atom. The minimum atomic E-state index is -0.750. The zero-order valence-corrected chi connectivity index (χ0v) is 11.2. The first-order valence-electron chi connectivity index (χ1n) is 4.93. The van der Waals surface area contributed by atoms with Gasteiger partial charge >= 0.3 is 6.09 Å². The first-order chi connectivity index (χ1) is 6.33. The summed E-state index contributed by atoms with van der Waals surface area (Å²) in [6.45, 7) is 10.4. The Morgan fingerprint density at radius 1 is 1.00 bits per heavy atom. The number of amides is 1. The molecular weight excluding hydrogens is 194 g/mol. The van der Waals surface area contributed by atoms with Gasteiger partial charge in [0, 0.05) is 14.1 Å². The Bertz CT molecular complexity index is 181. The van der Waals surface area contributed by atoms with E-state index in [-0.39, 0.29) is 11.7 Å². The standard InChI is InChI=1S/C7H15NO2.C4H9O/c1-7(2,3)10-6(9)8(4)5;1-4(2,3)5/h1-5H3;1-3H3. The highest BCUT2D eigenvalue weighted by molar-refractivity contribution is 5.67. The van der Waals surface area contributed by atoms with Crippen molar-refractivity contribution < 1.29 is 14.6 Å². The van der Waals surface area contributed by atoms with E-state index in [2.05, 4.69) is 0 Å². The molecule has 15 heavy (non-hydrogen) atoms. The highest BCUT2D eigenvalue weighted by atomic mass is 16.6. The van der Waals surface area contributed by atoms with Gasteiger partial charge in [0.1, 0.15) is 5.60 Å². The first kappa shape index (κ1) is 16.7. The van der Waals surface area contributed by atoms with Gasteiger partial charge in [0.25, 0.3) is 0 Å². The molecule has 1 radical (unpaired) electrons.